The number of hydrogen-bond donors (Lipinski definition) is 2. The highest BCUT2D eigenvalue weighted by molar-refractivity contribution is 7.80. The predicted molar refractivity (Wildman–Crippen MR) is 70.9 cm³/mol. The van der Waals surface area contributed by atoms with Gasteiger partial charge in [0.05, 0.1) is 13.5 Å². The minimum Gasteiger partial charge on any atom is -0.469 e. The number of esters is 1. The van der Waals surface area contributed by atoms with Crippen LogP contribution in [0.5, 0.6) is 0 Å². The van der Waals surface area contributed by atoms with E-state index in [1.54, 1.807) is 11.0 Å². The van der Waals surface area contributed by atoms with Gasteiger partial charge < -0.3 is 20.3 Å². The first-order chi connectivity index (χ1) is 8.60. The standard InChI is InChI=1S/C11H17N3O3S/c1-3-4-13-11(18)14-6-5-12-10(16)8(14)7-9(15)17-2/h3,8H,1,4-7H2,2H3,(H,12,16)(H,13,18)/t8-/m1/s1. The number of ether oxygens (including phenoxy) is 1. The molecule has 18 heavy (non-hydrogen) atoms. The van der Waals surface area contributed by atoms with Crippen LogP contribution in [0.2, 0.25) is 0 Å². The zero-order valence-corrected chi connectivity index (χ0v) is 11.1. The smallest absolute Gasteiger partial charge is 0.308 e. The maximum Gasteiger partial charge on any atom is 0.308 e. The van der Waals surface area contributed by atoms with Crippen molar-refractivity contribution in [2.24, 2.45) is 0 Å². The van der Waals surface area contributed by atoms with E-state index in [0.717, 1.165) is 0 Å². The molecular formula is C11H17N3O3S. The van der Waals surface area contributed by atoms with Crippen molar-refractivity contribution in [3.63, 3.8) is 0 Å². The van der Waals surface area contributed by atoms with Crippen LogP contribution in [-0.2, 0) is 14.3 Å². The molecular weight excluding hydrogens is 254 g/mol. The molecule has 0 aliphatic carbocycles. The number of hydrogen-bond acceptors (Lipinski definition) is 4. The second-order valence-electron chi connectivity index (χ2n) is 3.76. The van der Waals surface area contributed by atoms with Crippen molar-refractivity contribution >= 4 is 29.2 Å². The highest BCUT2D eigenvalue weighted by Gasteiger charge is 2.33. The van der Waals surface area contributed by atoms with E-state index in [2.05, 4.69) is 21.9 Å². The van der Waals surface area contributed by atoms with Crippen molar-refractivity contribution in [3.8, 4) is 0 Å². The molecule has 0 aromatic heterocycles. The third kappa shape index (κ3) is 3.69. The van der Waals surface area contributed by atoms with Crippen LogP contribution in [0, 0.1) is 0 Å². The number of amides is 1. The molecule has 0 radical (unpaired) electrons. The van der Waals surface area contributed by atoms with Gasteiger partial charge in [-0.2, -0.15) is 0 Å². The van der Waals surface area contributed by atoms with Crippen molar-refractivity contribution in [1.29, 1.82) is 0 Å². The third-order valence-electron chi connectivity index (χ3n) is 2.58. The van der Waals surface area contributed by atoms with Gasteiger partial charge in [0.2, 0.25) is 5.91 Å². The first kappa shape index (κ1) is 14.4. The molecule has 1 atom stereocenters. The summed E-state index contributed by atoms with van der Waals surface area (Å²) in [6, 6.07) is -0.615. The molecule has 1 saturated heterocycles. The monoisotopic (exact) mass is 271 g/mol. The summed E-state index contributed by atoms with van der Waals surface area (Å²) in [4.78, 5) is 24.8. The molecule has 1 amide bonds. The summed E-state index contributed by atoms with van der Waals surface area (Å²) >= 11 is 5.19. The van der Waals surface area contributed by atoms with Gasteiger partial charge in [0.15, 0.2) is 5.11 Å². The van der Waals surface area contributed by atoms with Crippen molar-refractivity contribution in [2.75, 3.05) is 26.7 Å². The zero-order chi connectivity index (χ0) is 13.5. The van der Waals surface area contributed by atoms with Crippen LogP contribution >= 0.6 is 12.2 Å². The fourth-order valence-electron chi connectivity index (χ4n) is 1.66. The first-order valence-electron chi connectivity index (χ1n) is 5.60. The van der Waals surface area contributed by atoms with E-state index in [0.29, 0.717) is 24.7 Å². The fraction of sp³-hybridized carbons (Fsp3) is 0.545. The first-order valence-corrected chi connectivity index (χ1v) is 6.01. The second-order valence-corrected chi connectivity index (χ2v) is 4.14. The molecule has 2 N–H and O–H groups in total. The van der Waals surface area contributed by atoms with Crippen LogP contribution < -0.4 is 10.6 Å². The SMILES string of the molecule is C=CCNC(=S)N1CCNC(=O)[C@H]1CC(=O)OC. The molecule has 1 aliphatic heterocycles. The maximum absolute atomic E-state index is 11.8. The number of thiocarbonyl (C=S) groups is 1. The Bertz CT molecular complexity index is 359. The van der Waals surface area contributed by atoms with Crippen LogP contribution in [0.25, 0.3) is 0 Å². The summed E-state index contributed by atoms with van der Waals surface area (Å²) in [5.41, 5.74) is 0. The minimum absolute atomic E-state index is 0.0156. The summed E-state index contributed by atoms with van der Waals surface area (Å²) in [6.45, 7) is 5.17. The van der Waals surface area contributed by atoms with Gasteiger partial charge in [-0.1, -0.05) is 6.08 Å². The van der Waals surface area contributed by atoms with Crippen molar-refractivity contribution in [2.45, 2.75) is 12.5 Å². The molecule has 0 bridgehead atoms. The van der Waals surface area contributed by atoms with Crippen molar-refractivity contribution in [3.05, 3.63) is 12.7 Å². The Morgan fingerprint density at radius 2 is 2.50 bits per heavy atom. The summed E-state index contributed by atoms with van der Waals surface area (Å²) in [5.74, 6) is -0.650. The van der Waals surface area contributed by atoms with E-state index in [-0.39, 0.29) is 12.3 Å². The average molecular weight is 271 g/mol. The predicted octanol–water partition coefficient (Wildman–Crippen LogP) is -0.590. The van der Waals surface area contributed by atoms with Crippen LogP contribution in [0.3, 0.4) is 0 Å². The number of nitrogens with zero attached hydrogens (tertiary/aromatic N) is 1. The Morgan fingerprint density at radius 1 is 1.78 bits per heavy atom. The lowest BCUT2D eigenvalue weighted by Crippen LogP contribution is -2.59. The van der Waals surface area contributed by atoms with E-state index in [1.807, 2.05) is 0 Å². The van der Waals surface area contributed by atoms with Gasteiger partial charge >= 0.3 is 5.97 Å². The molecule has 0 aromatic rings. The molecule has 0 saturated carbocycles. The van der Waals surface area contributed by atoms with Gasteiger partial charge in [-0.05, 0) is 12.2 Å². The number of piperazine rings is 1. The molecule has 100 valence electrons. The summed E-state index contributed by atoms with van der Waals surface area (Å²) in [7, 11) is 1.29. The molecule has 0 unspecified atom stereocenters. The van der Waals surface area contributed by atoms with Gasteiger partial charge in [-0.25, -0.2) is 0 Å². The number of rotatable bonds is 4. The summed E-state index contributed by atoms with van der Waals surface area (Å²) in [6.07, 6.45) is 1.66. The third-order valence-corrected chi connectivity index (χ3v) is 2.96. The van der Waals surface area contributed by atoms with Gasteiger partial charge in [0.1, 0.15) is 6.04 Å². The number of methoxy groups -OCH3 is 1. The van der Waals surface area contributed by atoms with E-state index in [9.17, 15) is 9.59 Å². The largest absolute Gasteiger partial charge is 0.469 e. The van der Waals surface area contributed by atoms with Gasteiger partial charge in [-0.3, -0.25) is 9.59 Å². The highest BCUT2D eigenvalue weighted by atomic mass is 32.1. The number of nitrogens with one attached hydrogen (secondary N) is 2. The molecule has 1 rings (SSSR count). The number of carbonyl (C=O) groups excluding carboxylic acids is 2. The molecule has 1 heterocycles. The topological polar surface area (TPSA) is 70.7 Å². The summed E-state index contributed by atoms with van der Waals surface area (Å²) in [5, 5.41) is 6.10. The van der Waals surface area contributed by atoms with E-state index in [4.69, 9.17) is 12.2 Å². The van der Waals surface area contributed by atoms with Gasteiger partial charge in [-0.15, -0.1) is 6.58 Å². The maximum atomic E-state index is 11.8. The molecule has 0 aromatic carbocycles. The molecule has 7 heteroatoms. The number of carbonyl (C=O) groups is 2. The summed E-state index contributed by atoms with van der Waals surface area (Å²) < 4.78 is 4.59. The van der Waals surface area contributed by atoms with E-state index in [1.165, 1.54) is 7.11 Å². The molecule has 1 aliphatic rings. The second kappa shape index (κ2) is 6.95. The van der Waals surface area contributed by atoms with Crippen LogP contribution in [0.1, 0.15) is 6.42 Å². The van der Waals surface area contributed by atoms with Crippen LogP contribution in [0.4, 0.5) is 0 Å². The van der Waals surface area contributed by atoms with Crippen molar-refractivity contribution in [1.82, 2.24) is 15.5 Å². The Labute approximate surface area is 111 Å². The lowest BCUT2D eigenvalue weighted by Gasteiger charge is -2.36. The Balaban J connectivity index is 2.71. The minimum atomic E-state index is -0.615. The Hall–Kier alpha value is -1.63. The average Bonchev–Trinajstić information content (AvgIpc) is 2.38. The molecule has 1 fully saturated rings. The van der Waals surface area contributed by atoms with Crippen LogP contribution in [-0.4, -0.2) is 54.7 Å². The lowest BCUT2D eigenvalue weighted by molar-refractivity contribution is -0.144. The molecule has 0 spiro atoms. The quantitative estimate of drug-likeness (QED) is 0.405. The van der Waals surface area contributed by atoms with Gasteiger partial charge in [0, 0.05) is 19.6 Å². The van der Waals surface area contributed by atoms with E-state index >= 15 is 0 Å². The van der Waals surface area contributed by atoms with Crippen LogP contribution in [0.15, 0.2) is 12.7 Å². The van der Waals surface area contributed by atoms with Crippen molar-refractivity contribution < 1.29 is 14.3 Å². The van der Waals surface area contributed by atoms with Gasteiger partial charge in [0.25, 0.3) is 0 Å². The zero-order valence-electron chi connectivity index (χ0n) is 10.3. The molecule has 6 nitrogen and oxygen atoms in total. The fourth-order valence-corrected chi connectivity index (χ4v) is 1.96. The Morgan fingerprint density at radius 3 is 3.11 bits per heavy atom. The van der Waals surface area contributed by atoms with E-state index < -0.39 is 12.0 Å². The normalized spacial score (nSPS) is 18.8. The Kier molecular flexibility index (Phi) is 5.57. The lowest BCUT2D eigenvalue weighted by atomic mass is 10.1. The highest BCUT2D eigenvalue weighted by Crippen LogP contribution is 2.10.